The molecule has 0 spiro atoms. The highest BCUT2D eigenvalue weighted by Crippen LogP contribution is 2.32. The zero-order valence-corrected chi connectivity index (χ0v) is 14.3. The van der Waals surface area contributed by atoms with Crippen LogP contribution in [0.5, 0.6) is 0 Å². The van der Waals surface area contributed by atoms with Crippen molar-refractivity contribution in [1.29, 1.82) is 0 Å². The van der Waals surface area contributed by atoms with Crippen molar-refractivity contribution in [3.05, 3.63) is 28.2 Å². The second kappa shape index (κ2) is 5.10. The molecule has 2 rings (SSSR count). The molecule has 1 aromatic rings. The van der Waals surface area contributed by atoms with Crippen LogP contribution in [0.1, 0.15) is 33.3 Å². The fraction of sp³-hybridized carbons (Fsp3) is 0.625. The lowest BCUT2D eigenvalue weighted by Gasteiger charge is -2.41. The van der Waals surface area contributed by atoms with E-state index in [9.17, 15) is 0 Å². The van der Waals surface area contributed by atoms with Gasteiger partial charge >= 0.3 is 0 Å². The molecule has 1 fully saturated rings. The van der Waals surface area contributed by atoms with E-state index in [1.165, 1.54) is 15.7 Å². The Balaban J connectivity index is 2.39. The van der Waals surface area contributed by atoms with Crippen molar-refractivity contribution in [2.75, 3.05) is 24.5 Å². The summed E-state index contributed by atoms with van der Waals surface area (Å²) in [6.07, 6.45) is 0. The summed E-state index contributed by atoms with van der Waals surface area (Å²) in [4.78, 5) is 2.55. The zero-order valence-electron chi connectivity index (χ0n) is 12.7. The van der Waals surface area contributed by atoms with Gasteiger partial charge in [-0.3, -0.25) is 0 Å². The minimum atomic E-state index is 0.133. The highest BCUT2D eigenvalue weighted by atomic mass is 79.9. The van der Waals surface area contributed by atoms with Gasteiger partial charge in [0.25, 0.3) is 0 Å². The number of aryl methyl sites for hydroxylation is 1. The second-order valence-corrected chi connectivity index (χ2v) is 7.95. The van der Waals surface area contributed by atoms with Crippen molar-refractivity contribution in [3.8, 4) is 0 Å². The van der Waals surface area contributed by atoms with Crippen molar-refractivity contribution in [1.82, 2.24) is 5.32 Å². The molecule has 0 bridgehead atoms. The summed E-state index contributed by atoms with van der Waals surface area (Å²) >= 11 is 3.59. The average Bonchev–Trinajstić information content (AvgIpc) is 2.39. The summed E-state index contributed by atoms with van der Waals surface area (Å²) in [5.74, 6) is 0. The first kappa shape index (κ1) is 14.9. The summed E-state index contributed by atoms with van der Waals surface area (Å²) in [6.45, 7) is 14.6. The Bertz CT molecular complexity index is 466. The van der Waals surface area contributed by atoms with Gasteiger partial charge in [0.15, 0.2) is 0 Å². The Morgan fingerprint density at radius 2 is 1.84 bits per heavy atom. The average molecular weight is 325 g/mol. The minimum Gasteiger partial charge on any atom is -0.365 e. The van der Waals surface area contributed by atoms with Gasteiger partial charge in [-0.15, -0.1) is 0 Å². The number of anilines is 1. The van der Waals surface area contributed by atoms with E-state index < -0.39 is 0 Å². The van der Waals surface area contributed by atoms with Crippen LogP contribution in [0.25, 0.3) is 0 Å². The molecule has 2 nitrogen and oxygen atoms in total. The smallest absolute Gasteiger partial charge is 0.0470 e. The summed E-state index contributed by atoms with van der Waals surface area (Å²) < 4.78 is 1.18. The van der Waals surface area contributed by atoms with Crippen LogP contribution < -0.4 is 10.2 Å². The van der Waals surface area contributed by atoms with Crippen molar-refractivity contribution >= 4 is 21.6 Å². The Kier molecular flexibility index (Phi) is 3.99. The van der Waals surface area contributed by atoms with Gasteiger partial charge in [-0.1, -0.05) is 29.8 Å². The molecule has 1 aromatic carbocycles. The van der Waals surface area contributed by atoms with Crippen molar-refractivity contribution in [3.63, 3.8) is 0 Å². The molecule has 106 valence electrons. The van der Waals surface area contributed by atoms with Crippen LogP contribution in [-0.2, 0) is 0 Å². The standard InChI is InChI=1S/C16H25BrN2/c1-12-8-13(6-7-14(12)17)19-11-15(2,3)9-18-10-16(19,4)5/h6-8,18H,9-11H2,1-5H3. The molecule has 19 heavy (non-hydrogen) atoms. The van der Waals surface area contributed by atoms with Crippen molar-refractivity contribution in [2.24, 2.45) is 5.41 Å². The molecule has 1 aliphatic rings. The van der Waals surface area contributed by atoms with Gasteiger partial charge in [-0.25, -0.2) is 0 Å². The van der Waals surface area contributed by atoms with Crippen LogP contribution in [0.2, 0.25) is 0 Å². The Morgan fingerprint density at radius 3 is 2.47 bits per heavy atom. The number of halogens is 1. The predicted octanol–water partition coefficient (Wildman–Crippen LogP) is 3.97. The maximum Gasteiger partial charge on any atom is 0.0470 e. The second-order valence-electron chi connectivity index (χ2n) is 7.10. The molecule has 3 heteroatoms. The summed E-state index contributed by atoms with van der Waals surface area (Å²) in [5.41, 5.74) is 3.04. The summed E-state index contributed by atoms with van der Waals surface area (Å²) in [6, 6.07) is 6.67. The lowest BCUT2D eigenvalue weighted by atomic mass is 9.91. The lowest BCUT2D eigenvalue weighted by Crippen LogP contribution is -2.49. The first-order chi connectivity index (χ1) is 8.71. The van der Waals surface area contributed by atoms with Gasteiger partial charge in [0.05, 0.1) is 0 Å². The molecule has 0 aromatic heterocycles. The molecule has 1 heterocycles. The molecule has 0 aliphatic carbocycles. The SMILES string of the molecule is Cc1cc(N2CC(C)(C)CNCC2(C)C)ccc1Br. The Morgan fingerprint density at radius 1 is 1.16 bits per heavy atom. The zero-order chi connectivity index (χ0) is 14.3. The van der Waals surface area contributed by atoms with E-state index in [-0.39, 0.29) is 11.0 Å². The van der Waals surface area contributed by atoms with Crippen LogP contribution in [0.4, 0.5) is 5.69 Å². The van der Waals surface area contributed by atoms with E-state index in [2.05, 4.69) is 79.0 Å². The van der Waals surface area contributed by atoms with Crippen LogP contribution in [-0.4, -0.2) is 25.2 Å². The fourth-order valence-corrected chi connectivity index (χ4v) is 2.98. The number of hydrogen-bond acceptors (Lipinski definition) is 2. The molecule has 0 saturated carbocycles. The van der Waals surface area contributed by atoms with Gasteiger partial charge in [-0.2, -0.15) is 0 Å². The molecule has 1 saturated heterocycles. The van der Waals surface area contributed by atoms with Crippen LogP contribution in [0.3, 0.4) is 0 Å². The molecule has 0 amide bonds. The predicted molar refractivity (Wildman–Crippen MR) is 87.0 cm³/mol. The van der Waals surface area contributed by atoms with Gasteiger partial charge in [-0.05, 0) is 49.9 Å². The molecule has 1 N–H and O–H groups in total. The van der Waals surface area contributed by atoms with E-state index in [1.807, 2.05) is 0 Å². The molecular weight excluding hydrogens is 300 g/mol. The van der Waals surface area contributed by atoms with E-state index in [0.717, 1.165) is 19.6 Å². The first-order valence-corrected chi connectivity index (χ1v) is 7.75. The van der Waals surface area contributed by atoms with Crippen molar-refractivity contribution in [2.45, 2.75) is 40.2 Å². The highest BCUT2D eigenvalue weighted by molar-refractivity contribution is 9.10. The molecular formula is C16H25BrN2. The number of nitrogens with zero attached hydrogens (tertiary/aromatic N) is 1. The van der Waals surface area contributed by atoms with Crippen LogP contribution >= 0.6 is 15.9 Å². The Hall–Kier alpha value is -0.540. The van der Waals surface area contributed by atoms with Gasteiger partial charge < -0.3 is 10.2 Å². The third-order valence-electron chi connectivity index (χ3n) is 3.93. The maximum absolute atomic E-state index is 3.60. The number of nitrogens with one attached hydrogen (secondary N) is 1. The third kappa shape index (κ3) is 3.32. The van der Waals surface area contributed by atoms with Crippen LogP contribution in [0, 0.1) is 12.3 Å². The largest absolute Gasteiger partial charge is 0.365 e. The first-order valence-electron chi connectivity index (χ1n) is 6.96. The minimum absolute atomic E-state index is 0.133. The fourth-order valence-electron chi connectivity index (χ4n) is 2.74. The van der Waals surface area contributed by atoms with Crippen LogP contribution in [0.15, 0.2) is 22.7 Å². The number of rotatable bonds is 1. The van der Waals surface area contributed by atoms with Gasteiger partial charge in [0.1, 0.15) is 0 Å². The van der Waals surface area contributed by atoms with E-state index in [4.69, 9.17) is 0 Å². The lowest BCUT2D eigenvalue weighted by molar-refractivity contribution is 0.365. The maximum atomic E-state index is 3.60. The Labute approximate surface area is 125 Å². The van der Waals surface area contributed by atoms with E-state index in [1.54, 1.807) is 0 Å². The van der Waals surface area contributed by atoms with Gasteiger partial charge in [0, 0.05) is 35.3 Å². The third-order valence-corrected chi connectivity index (χ3v) is 4.82. The monoisotopic (exact) mass is 324 g/mol. The summed E-state index contributed by atoms with van der Waals surface area (Å²) in [5, 5.41) is 3.60. The molecule has 0 atom stereocenters. The van der Waals surface area contributed by atoms with Crippen molar-refractivity contribution < 1.29 is 0 Å². The summed E-state index contributed by atoms with van der Waals surface area (Å²) in [7, 11) is 0. The topological polar surface area (TPSA) is 15.3 Å². The quantitative estimate of drug-likeness (QED) is 0.840. The molecule has 0 unspecified atom stereocenters. The van der Waals surface area contributed by atoms with E-state index in [0.29, 0.717) is 0 Å². The molecule has 0 radical (unpaired) electrons. The number of benzene rings is 1. The molecule has 1 aliphatic heterocycles. The normalized spacial score (nSPS) is 22.1. The highest BCUT2D eigenvalue weighted by Gasteiger charge is 2.35. The number of hydrogen-bond donors (Lipinski definition) is 1. The van der Waals surface area contributed by atoms with Gasteiger partial charge in [0.2, 0.25) is 0 Å². The van der Waals surface area contributed by atoms with E-state index >= 15 is 0 Å².